The zero-order valence-electron chi connectivity index (χ0n) is 11.8. The third-order valence-corrected chi connectivity index (χ3v) is 3.98. The molecule has 0 unspecified atom stereocenters. The van der Waals surface area contributed by atoms with Crippen molar-refractivity contribution in [2.24, 2.45) is 10.4 Å². The zero-order valence-corrected chi connectivity index (χ0v) is 11.8. The quantitative estimate of drug-likeness (QED) is 0.211. The van der Waals surface area contributed by atoms with E-state index in [0.29, 0.717) is 25.9 Å². The third-order valence-electron chi connectivity index (χ3n) is 3.98. The highest BCUT2D eigenvalue weighted by atomic mass is 16.2. The SMILES string of the molecule is CCC1(CC)C(=O)N(CCCCCCN=C=O)C1=O. The highest BCUT2D eigenvalue weighted by molar-refractivity contribution is 6.21. The van der Waals surface area contributed by atoms with Crippen LogP contribution in [-0.4, -0.2) is 35.9 Å². The van der Waals surface area contributed by atoms with Crippen LogP contribution in [0.1, 0.15) is 52.4 Å². The van der Waals surface area contributed by atoms with Gasteiger partial charge in [0.1, 0.15) is 5.41 Å². The summed E-state index contributed by atoms with van der Waals surface area (Å²) in [5, 5.41) is 0. The van der Waals surface area contributed by atoms with Crippen molar-refractivity contribution in [3.63, 3.8) is 0 Å². The number of hydrogen-bond acceptors (Lipinski definition) is 4. The Morgan fingerprint density at radius 3 is 2.16 bits per heavy atom. The Kier molecular flexibility index (Phi) is 5.90. The molecule has 1 fully saturated rings. The molecule has 0 aromatic carbocycles. The lowest BCUT2D eigenvalue weighted by Gasteiger charge is -2.45. The van der Waals surface area contributed by atoms with E-state index in [-0.39, 0.29) is 11.8 Å². The minimum absolute atomic E-state index is 0.00643. The molecular weight excluding hydrogens is 244 g/mol. The van der Waals surface area contributed by atoms with Crippen LogP contribution in [0.2, 0.25) is 0 Å². The van der Waals surface area contributed by atoms with Crippen molar-refractivity contribution in [2.75, 3.05) is 13.1 Å². The molecule has 2 amide bonds. The van der Waals surface area contributed by atoms with E-state index in [9.17, 15) is 14.4 Å². The summed E-state index contributed by atoms with van der Waals surface area (Å²) in [6.07, 6.45) is 6.27. The molecule has 1 saturated heterocycles. The van der Waals surface area contributed by atoms with Crippen molar-refractivity contribution < 1.29 is 14.4 Å². The molecule has 5 nitrogen and oxygen atoms in total. The van der Waals surface area contributed by atoms with Gasteiger partial charge in [0.15, 0.2) is 0 Å². The predicted molar refractivity (Wildman–Crippen MR) is 71.2 cm³/mol. The first-order chi connectivity index (χ1) is 9.14. The van der Waals surface area contributed by atoms with Gasteiger partial charge in [-0.15, -0.1) is 0 Å². The van der Waals surface area contributed by atoms with Crippen molar-refractivity contribution in [1.29, 1.82) is 0 Å². The van der Waals surface area contributed by atoms with E-state index >= 15 is 0 Å². The number of carbonyl (C=O) groups excluding carboxylic acids is 3. The normalized spacial score (nSPS) is 17.1. The lowest BCUT2D eigenvalue weighted by molar-refractivity contribution is -0.177. The molecule has 0 aromatic heterocycles. The van der Waals surface area contributed by atoms with Crippen LogP contribution in [0.15, 0.2) is 4.99 Å². The third kappa shape index (κ3) is 3.10. The maximum absolute atomic E-state index is 12.0. The lowest BCUT2D eigenvalue weighted by atomic mass is 9.73. The summed E-state index contributed by atoms with van der Waals surface area (Å²) in [6.45, 7) is 4.82. The fourth-order valence-electron chi connectivity index (χ4n) is 2.57. The fraction of sp³-hybridized carbons (Fsp3) is 0.786. The molecule has 0 bridgehead atoms. The number of nitrogens with zero attached hydrogens (tertiary/aromatic N) is 2. The van der Waals surface area contributed by atoms with Gasteiger partial charge in [0.25, 0.3) is 0 Å². The minimum Gasteiger partial charge on any atom is -0.281 e. The first kappa shape index (κ1) is 15.6. The van der Waals surface area contributed by atoms with E-state index < -0.39 is 5.41 Å². The average Bonchev–Trinajstić information content (AvgIpc) is 2.43. The monoisotopic (exact) mass is 266 g/mol. The van der Waals surface area contributed by atoms with E-state index in [1.807, 2.05) is 13.8 Å². The van der Waals surface area contributed by atoms with Crippen molar-refractivity contribution in [2.45, 2.75) is 52.4 Å². The number of imide groups is 1. The standard InChI is InChI=1S/C14H22N2O3/c1-3-14(4-2)12(18)16(13(14)19)10-8-6-5-7-9-15-11-17/h3-10H2,1-2H3. The number of rotatable bonds is 9. The number of β-lactam (4-membered cyclic amide) rings is 2. The Hall–Kier alpha value is -1.48. The second-order valence-electron chi connectivity index (χ2n) is 4.94. The van der Waals surface area contributed by atoms with Gasteiger partial charge in [-0.2, -0.15) is 0 Å². The largest absolute Gasteiger partial charge is 0.281 e. The molecule has 1 aliphatic heterocycles. The number of amides is 2. The average molecular weight is 266 g/mol. The van der Waals surface area contributed by atoms with Crippen LogP contribution in [0.25, 0.3) is 0 Å². The van der Waals surface area contributed by atoms with Crippen molar-refractivity contribution >= 4 is 17.9 Å². The topological polar surface area (TPSA) is 66.8 Å². The van der Waals surface area contributed by atoms with Gasteiger partial charge in [-0.25, -0.2) is 9.79 Å². The molecule has 5 heteroatoms. The summed E-state index contributed by atoms with van der Waals surface area (Å²) in [4.78, 5) is 38.7. The van der Waals surface area contributed by atoms with Crippen LogP contribution < -0.4 is 0 Å². The van der Waals surface area contributed by atoms with Crippen LogP contribution in [0.3, 0.4) is 0 Å². The Bertz CT molecular complexity index is 364. The molecule has 1 aliphatic rings. The van der Waals surface area contributed by atoms with Crippen molar-refractivity contribution in [3.8, 4) is 0 Å². The molecule has 0 aromatic rings. The van der Waals surface area contributed by atoms with Crippen molar-refractivity contribution in [3.05, 3.63) is 0 Å². The lowest BCUT2D eigenvalue weighted by Crippen LogP contribution is -2.65. The summed E-state index contributed by atoms with van der Waals surface area (Å²) < 4.78 is 0. The van der Waals surface area contributed by atoms with Crippen LogP contribution in [0, 0.1) is 5.41 Å². The Morgan fingerprint density at radius 2 is 1.63 bits per heavy atom. The van der Waals surface area contributed by atoms with Crippen LogP contribution >= 0.6 is 0 Å². The minimum atomic E-state index is -0.724. The highest BCUT2D eigenvalue weighted by Gasteiger charge is 2.57. The molecule has 0 radical (unpaired) electrons. The Balaban J connectivity index is 2.24. The molecule has 0 N–H and O–H groups in total. The van der Waals surface area contributed by atoms with Crippen LogP contribution in [0.4, 0.5) is 0 Å². The number of carbonyl (C=O) groups is 2. The summed E-state index contributed by atoms with van der Waals surface area (Å²) in [7, 11) is 0. The van der Waals surface area contributed by atoms with Crippen LogP contribution in [-0.2, 0) is 14.4 Å². The van der Waals surface area contributed by atoms with Crippen LogP contribution in [0.5, 0.6) is 0 Å². The summed E-state index contributed by atoms with van der Waals surface area (Å²) in [5.41, 5.74) is -0.724. The number of isocyanates is 1. The number of aliphatic imine (C=N–C) groups is 1. The van der Waals surface area contributed by atoms with Gasteiger partial charge in [-0.1, -0.05) is 26.7 Å². The Morgan fingerprint density at radius 1 is 1.05 bits per heavy atom. The predicted octanol–water partition coefficient (Wildman–Crippen LogP) is 2.06. The van der Waals surface area contributed by atoms with Gasteiger partial charge in [-0.05, 0) is 25.7 Å². The van der Waals surface area contributed by atoms with E-state index in [4.69, 9.17) is 0 Å². The smallest absolute Gasteiger partial charge is 0.244 e. The fourth-order valence-corrected chi connectivity index (χ4v) is 2.57. The first-order valence-electron chi connectivity index (χ1n) is 7.04. The zero-order chi connectivity index (χ0) is 14.3. The van der Waals surface area contributed by atoms with Gasteiger partial charge in [0, 0.05) is 6.54 Å². The van der Waals surface area contributed by atoms with E-state index in [1.165, 1.54) is 11.0 Å². The van der Waals surface area contributed by atoms with E-state index in [0.717, 1.165) is 25.7 Å². The van der Waals surface area contributed by atoms with Crippen molar-refractivity contribution in [1.82, 2.24) is 4.90 Å². The molecule has 0 atom stereocenters. The number of hydrogen-bond donors (Lipinski definition) is 0. The molecule has 0 aliphatic carbocycles. The van der Waals surface area contributed by atoms with Gasteiger partial charge in [-0.3, -0.25) is 14.5 Å². The maximum Gasteiger partial charge on any atom is 0.244 e. The number of likely N-dealkylation sites (tertiary alicyclic amines) is 1. The second kappa shape index (κ2) is 7.19. The molecule has 0 spiro atoms. The van der Waals surface area contributed by atoms with Gasteiger partial charge in [0.2, 0.25) is 17.9 Å². The molecule has 0 saturated carbocycles. The van der Waals surface area contributed by atoms with Gasteiger partial charge >= 0.3 is 0 Å². The molecular formula is C14H22N2O3. The first-order valence-corrected chi connectivity index (χ1v) is 7.04. The summed E-state index contributed by atoms with van der Waals surface area (Å²) >= 11 is 0. The summed E-state index contributed by atoms with van der Waals surface area (Å²) in [6, 6.07) is 0. The Labute approximate surface area is 114 Å². The maximum atomic E-state index is 12.0. The van der Waals surface area contributed by atoms with Gasteiger partial charge in [0.05, 0.1) is 6.54 Å². The second-order valence-corrected chi connectivity index (χ2v) is 4.94. The number of unbranched alkanes of at least 4 members (excludes halogenated alkanes) is 3. The molecule has 1 rings (SSSR count). The van der Waals surface area contributed by atoms with E-state index in [2.05, 4.69) is 4.99 Å². The molecule has 106 valence electrons. The van der Waals surface area contributed by atoms with Gasteiger partial charge < -0.3 is 0 Å². The van der Waals surface area contributed by atoms with E-state index in [1.54, 1.807) is 0 Å². The summed E-state index contributed by atoms with van der Waals surface area (Å²) in [5.74, 6) is -0.0129. The highest BCUT2D eigenvalue weighted by Crippen LogP contribution is 2.40. The molecule has 1 heterocycles. The molecule has 19 heavy (non-hydrogen) atoms.